The van der Waals surface area contributed by atoms with Crippen LogP contribution in [0.3, 0.4) is 0 Å². The van der Waals surface area contributed by atoms with Crippen molar-refractivity contribution < 1.29 is 19.2 Å². The summed E-state index contributed by atoms with van der Waals surface area (Å²) in [7, 11) is 0. The van der Waals surface area contributed by atoms with Crippen molar-refractivity contribution in [3.8, 4) is 6.07 Å². The Morgan fingerprint density at radius 1 is 1.36 bits per heavy atom. The Hall–Kier alpha value is -3.34. The molecule has 0 aliphatic carbocycles. The molecule has 0 aromatic heterocycles. The van der Waals surface area contributed by atoms with E-state index in [0.29, 0.717) is 5.56 Å². The van der Waals surface area contributed by atoms with Gasteiger partial charge >= 0.3 is 5.97 Å². The highest BCUT2D eigenvalue weighted by molar-refractivity contribution is 5.94. The van der Waals surface area contributed by atoms with Crippen LogP contribution in [0.25, 0.3) is 0 Å². The van der Waals surface area contributed by atoms with Gasteiger partial charge in [0.05, 0.1) is 16.4 Å². The van der Waals surface area contributed by atoms with Crippen molar-refractivity contribution in [1.29, 1.82) is 5.26 Å². The van der Waals surface area contributed by atoms with Gasteiger partial charge in [0.1, 0.15) is 18.2 Å². The highest BCUT2D eigenvalue weighted by Gasteiger charge is 2.41. The van der Waals surface area contributed by atoms with E-state index in [9.17, 15) is 20.2 Å². The number of hydrogen-bond donors (Lipinski definition) is 1. The number of carbonyl (C=O) groups excluding carboxylic acids is 1. The molecule has 0 saturated carbocycles. The first-order valence-electron chi connectivity index (χ1n) is 6.25. The number of benzene rings is 1. The van der Waals surface area contributed by atoms with Gasteiger partial charge in [-0.05, 0) is 5.56 Å². The van der Waals surface area contributed by atoms with Crippen molar-refractivity contribution in [2.75, 3.05) is 6.61 Å². The van der Waals surface area contributed by atoms with Gasteiger partial charge in [-0.15, -0.1) is 0 Å². The number of hydrogen-bond acceptors (Lipinski definition) is 7. The fraction of sp³-hybridized carbons (Fsp3) is 0.143. The van der Waals surface area contributed by atoms with Gasteiger partial charge < -0.3 is 15.2 Å². The number of nitrogens with zero attached hydrogens (tertiary/aromatic N) is 2. The van der Waals surface area contributed by atoms with Crippen molar-refractivity contribution in [2.45, 2.75) is 5.92 Å². The van der Waals surface area contributed by atoms with Gasteiger partial charge in [0, 0.05) is 12.1 Å². The Balaban J connectivity index is 2.11. The molecular weight excluding hydrogens is 290 g/mol. The molecule has 0 spiro atoms. The molecule has 0 saturated heterocycles. The summed E-state index contributed by atoms with van der Waals surface area (Å²) < 4.78 is 10.2. The van der Waals surface area contributed by atoms with Crippen LogP contribution in [0.4, 0.5) is 5.69 Å². The number of esters is 1. The lowest BCUT2D eigenvalue weighted by atomic mass is 9.83. The van der Waals surface area contributed by atoms with E-state index in [1.165, 1.54) is 24.3 Å². The molecule has 0 bridgehead atoms. The van der Waals surface area contributed by atoms with E-state index in [4.69, 9.17) is 15.2 Å². The van der Waals surface area contributed by atoms with Crippen LogP contribution in [0.2, 0.25) is 0 Å². The van der Waals surface area contributed by atoms with E-state index in [1.54, 1.807) is 0 Å². The molecule has 1 unspecified atom stereocenters. The Bertz CT molecular complexity index is 786. The van der Waals surface area contributed by atoms with Crippen molar-refractivity contribution in [3.63, 3.8) is 0 Å². The molecule has 1 atom stereocenters. The van der Waals surface area contributed by atoms with Crippen molar-refractivity contribution in [3.05, 3.63) is 62.7 Å². The van der Waals surface area contributed by atoms with Crippen LogP contribution in [0.5, 0.6) is 0 Å². The molecule has 0 fully saturated rings. The van der Waals surface area contributed by atoms with Gasteiger partial charge in [-0.25, -0.2) is 4.79 Å². The second-order valence-corrected chi connectivity index (χ2v) is 4.69. The van der Waals surface area contributed by atoms with Crippen LogP contribution in [0.15, 0.2) is 47.1 Å². The zero-order valence-electron chi connectivity index (χ0n) is 11.1. The van der Waals surface area contributed by atoms with Crippen LogP contribution >= 0.6 is 0 Å². The van der Waals surface area contributed by atoms with E-state index in [-0.39, 0.29) is 35.1 Å². The second kappa shape index (κ2) is 4.89. The number of non-ortho nitro benzene ring substituents is 1. The predicted molar refractivity (Wildman–Crippen MR) is 71.7 cm³/mol. The Kier molecular flexibility index (Phi) is 3.03. The first kappa shape index (κ1) is 13.6. The SMILES string of the molecule is N#CC1=C(N)OC2=C(C(=O)OC2)C1c1ccc([N+](=O)[O-])cc1. The molecule has 110 valence electrons. The minimum atomic E-state index is -0.746. The number of nitro groups is 1. The van der Waals surface area contributed by atoms with Crippen LogP contribution < -0.4 is 5.73 Å². The van der Waals surface area contributed by atoms with Crippen molar-refractivity contribution in [1.82, 2.24) is 0 Å². The van der Waals surface area contributed by atoms with Crippen LogP contribution in [-0.4, -0.2) is 17.5 Å². The monoisotopic (exact) mass is 299 g/mol. The number of ether oxygens (including phenoxy) is 2. The minimum absolute atomic E-state index is 0.0446. The van der Waals surface area contributed by atoms with Gasteiger partial charge in [0.15, 0.2) is 5.76 Å². The molecule has 0 amide bonds. The number of rotatable bonds is 2. The average Bonchev–Trinajstić information content (AvgIpc) is 2.87. The molecule has 2 aliphatic heterocycles. The van der Waals surface area contributed by atoms with E-state index in [1.807, 2.05) is 6.07 Å². The normalized spacial score (nSPS) is 20.1. The van der Waals surface area contributed by atoms with Gasteiger partial charge in [0.25, 0.3) is 5.69 Å². The number of nitrogens with two attached hydrogens (primary N) is 1. The average molecular weight is 299 g/mol. The molecule has 2 aliphatic rings. The third kappa shape index (κ3) is 1.96. The van der Waals surface area contributed by atoms with Crippen LogP contribution in [-0.2, 0) is 14.3 Å². The van der Waals surface area contributed by atoms with E-state index >= 15 is 0 Å². The molecule has 0 radical (unpaired) electrons. The quantitative estimate of drug-likeness (QED) is 0.493. The summed E-state index contributed by atoms with van der Waals surface area (Å²) in [6.07, 6.45) is 0. The fourth-order valence-electron chi connectivity index (χ4n) is 2.48. The summed E-state index contributed by atoms with van der Waals surface area (Å²) in [5.41, 5.74) is 6.44. The van der Waals surface area contributed by atoms with Gasteiger partial charge in [-0.1, -0.05) is 12.1 Å². The molecule has 3 rings (SSSR count). The number of allylic oxidation sites excluding steroid dienone is 1. The molecule has 22 heavy (non-hydrogen) atoms. The number of nitriles is 1. The fourth-order valence-corrected chi connectivity index (χ4v) is 2.48. The number of cyclic esters (lactones) is 1. The molecule has 8 nitrogen and oxygen atoms in total. The summed E-state index contributed by atoms with van der Waals surface area (Å²) in [6, 6.07) is 7.49. The molecule has 2 N–H and O–H groups in total. The molecule has 1 aromatic rings. The topological polar surface area (TPSA) is 128 Å². The van der Waals surface area contributed by atoms with Crippen LogP contribution in [0, 0.1) is 21.4 Å². The standard InChI is InChI=1S/C14H9N3O5/c15-5-9-11(7-1-3-8(4-2-7)17(19)20)12-10(22-13(9)16)6-21-14(12)18/h1-4,11H,6,16H2. The highest BCUT2D eigenvalue weighted by Crippen LogP contribution is 2.42. The first-order chi connectivity index (χ1) is 10.5. The maximum atomic E-state index is 11.9. The smallest absolute Gasteiger partial charge is 0.339 e. The van der Waals surface area contributed by atoms with E-state index in [0.717, 1.165) is 0 Å². The lowest BCUT2D eigenvalue weighted by Crippen LogP contribution is -2.21. The summed E-state index contributed by atoms with van der Waals surface area (Å²) in [4.78, 5) is 22.1. The summed E-state index contributed by atoms with van der Waals surface area (Å²) in [5, 5.41) is 20.0. The molecule has 8 heteroatoms. The molecule has 2 heterocycles. The van der Waals surface area contributed by atoms with E-state index in [2.05, 4.69) is 0 Å². The van der Waals surface area contributed by atoms with Gasteiger partial charge in [0.2, 0.25) is 5.88 Å². The van der Waals surface area contributed by atoms with Crippen LogP contribution in [0.1, 0.15) is 11.5 Å². The Labute approximate surface area is 124 Å². The Morgan fingerprint density at radius 2 is 2.05 bits per heavy atom. The summed E-state index contributed by atoms with van der Waals surface area (Å²) >= 11 is 0. The third-order valence-corrected chi connectivity index (χ3v) is 3.49. The molecule has 1 aromatic carbocycles. The number of nitro benzene ring substituents is 1. The highest BCUT2D eigenvalue weighted by atomic mass is 16.6. The van der Waals surface area contributed by atoms with Gasteiger partial charge in [-0.3, -0.25) is 10.1 Å². The minimum Gasteiger partial charge on any atom is -0.454 e. The van der Waals surface area contributed by atoms with E-state index < -0.39 is 16.8 Å². The first-order valence-corrected chi connectivity index (χ1v) is 6.25. The lowest BCUT2D eigenvalue weighted by molar-refractivity contribution is -0.384. The maximum Gasteiger partial charge on any atom is 0.339 e. The lowest BCUT2D eigenvalue weighted by Gasteiger charge is -2.23. The maximum absolute atomic E-state index is 11.9. The summed E-state index contributed by atoms with van der Waals surface area (Å²) in [6.45, 7) is -0.0446. The zero-order chi connectivity index (χ0) is 15.9. The zero-order valence-corrected chi connectivity index (χ0v) is 11.1. The third-order valence-electron chi connectivity index (χ3n) is 3.49. The second-order valence-electron chi connectivity index (χ2n) is 4.69. The van der Waals surface area contributed by atoms with Gasteiger partial charge in [-0.2, -0.15) is 5.26 Å². The molecular formula is C14H9N3O5. The van der Waals surface area contributed by atoms with Crippen molar-refractivity contribution >= 4 is 11.7 Å². The van der Waals surface area contributed by atoms with Crippen molar-refractivity contribution in [2.24, 2.45) is 5.73 Å². The summed E-state index contributed by atoms with van der Waals surface area (Å²) in [5.74, 6) is -1.16. The predicted octanol–water partition coefficient (Wildman–Crippen LogP) is 1.21. The Morgan fingerprint density at radius 3 is 2.64 bits per heavy atom. The largest absolute Gasteiger partial charge is 0.454 e. The number of carbonyl (C=O) groups is 1.